The van der Waals surface area contributed by atoms with Crippen molar-refractivity contribution in [2.45, 2.75) is 0 Å². The van der Waals surface area contributed by atoms with E-state index < -0.39 is 12.9 Å². The van der Waals surface area contributed by atoms with Crippen LogP contribution in [0.5, 0.6) is 0 Å². The molecule has 0 spiro atoms. The summed E-state index contributed by atoms with van der Waals surface area (Å²) >= 11 is 0. The third kappa shape index (κ3) is 298. The van der Waals surface area contributed by atoms with Crippen molar-refractivity contribution in [3.05, 3.63) is 0 Å². The Morgan fingerprint density at radius 3 is 1.00 bits per heavy atom. The van der Waals surface area contributed by atoms with Crippen LogP contribution in [0.15, 0.2) is 0 Å². The van der Waals surface area contributed by atoms with Gasteiger partial charge in [-0.25, -0.2) is 0 Å². The number of carboxylic acid groups (broad SMARTS) is 2. The zero-order valence-electron chi connectivity index (χ0n) is 3.57. The molecule has 0 aromatic rings. The van der Waals surface area contributed by atoms with E-state index >= 15 is 0 Å². The molecule has 0 aromatic carbocycles. The van der Waals surface area contributed by atoms with E-state index in [-0.39, 0.29) is 22.9 Å². The fourth-order valence-corrected chi connectivity index (χ4v) is 0. The number of carbonyl (C=O) groups is 2. The van der Waals surface area contributed by atoms with Gasteiger partial charge in [0.1, 0.15) is 0 Å². The molecule has 48 valence electrons. The van der Waals surface area contributed by atoms with Crippen molar-refractivity contribution in [1.82, 2.24) is 6.15 Å². The van der Waals surface area contributed by atoms with Gasteiger partial charge in [-0.15, -0.1) is 0 Å². The molecule has 0 unspecified atom stereocenters. The van der Waals surface area contributed by atoms with E-state index in [1.807, 2.05) is 0 Å². The molecule has 0 bridgehead atoms. The van der Waals surface area contributed by atoms with Gasteiger partial charge in [0, 0.05) is 19.1 Å². The first-order valence-electron chi connectivity index (χ1n) is 0.943. The molecular weight excluding hydrogens is 161 g/mol. The summed E-state index contributed by atoms with van der Waals surface area (Å²) in [7, 11) is 0. The Hall–Kier alpha value is -0.594. The zero-order valence-corrected chi connectivity index (χ0v) is 4.61. The Labute approximate surface area is 56.5 Å². The summed E-state index contributed by atoms with van der Waals surface area (Å²) in [6.07, 6.45) is 0. The van der Waals surface area contributed by atoms with Gasteiger partial charge in [0.05, 0.1) is 0 Å². The topological polar surface area (TPSA) is 111 Å². The molecule has 0 aromatic heterocycles. The molecule has 0 heterocycles. The summed E-state index contributed by atoms with van der Waals surface area (Å²) in [5, 5.41) is 16.5. The van der Waals surface area contributed by atoms with Crippen LogP contribution in [0.3, 0.4) is 0 Å². The number of rotatable bonds is 0. The van der Waals surface area contributed by atoms with Crippen LogP contribution < -0.4 is 16.4 Å². The quantitative estimate of drug-likeness (QED) is 0.341. The summed E-state index contributed by atoms with van der Waals surface area (Å²) in [6, 6.07) is 0. The van der Waals surface area contributed by atoms with Crippen molar-refractivity contribution in [3.63, 3.8) is 0 Å². The average Bonchev–Trinajstić information content (AvgIpc) is 1.39. The van der Waals surface area contributed by atoms with Crippen LogP contribution in [-0.4, -0.2) is 12.9 Å². The number of carbonyl (C=O) groups excluding carboxylic acids is 2. The van der Waals surface area contributed by atoms with E-state index in [2.05, 4.69) is 0 Å². The largest absolute Gasteiger partial charge is 2.00 e. The van der Waals surface area contributed by atoms with Crippen molar-refractivity contribution in [3.8, 4) is 0 Å². The molecule has 0 rings (SSSR count). The minimum atomic E-state index is -0.500. The van der Waals surface area contributed by atoms with Crippen molar-refractivity contribution >= 4 is 12.9 Å². The fraction of sp³-hybridized carbons (Fsp3) is 0. The normalized spacial score (nSPS) is 3.00. The molecule has 4 radical (unpaired) electrons. The summed E-state index contributed by atoms with van der Waals surface area (Å²) in [5.74, 6) is 0. The van der Waals surface area contributed by atoms with Gasteiger partial charge in [0.2, 0.25) is 0 Å². The van der Waals surface area contributed by atoms with E-state index in [4.69, 9.17) is 19.8 Å². The molecule has 8 heavy (non-hydrogen) atoms. The van der Waals surface area contributed by atoms with Crippen molar-refractivity contribution in [2.24, 2.45) is 0 Å². The van der Waals surface area contributed by atoms with Crippen LogP contribution in [0.25, 0.3) is 0 Å². The fourth-order valence-electron chi connectivity index (χ4n) is 0. The molecular formula is C2H2CoNO4. The van der Waals surface area contributed by atoms with Gasteiger partial charge in [-0.2, -0.15) is 0 Å². The smallest absolute Gasteiger partial charge is 0.554 e. The minimum Gasteiger partial charge on any atom is -0.554 e. The maximum absolute atomic E-state index is 8.25. The van der Waals surface area contributed by atoms with Gasteiger partial charge in [0.15, 0.2) is 0 Å². The van der Waals surface area contributed by atoms with E-state index in [1.165, 1.54) is 0 Å². The van der Waals surface area contributed by atoms with Crippen LogP contribution in [0.1, 0.15) is 0 Å². The van der Waals surface area contributed by atoms with E-state index in [1.54, 1.807) is 0 Å². The Bertz CT molecular complexity index is 35.0. The Balaban J connectivity index is -0.0000000160. The molecule has 6 heteroatoms. The minimum absolute atomic E-state index is 0. The van der Waals surface area contributed by atoms with Crippen LogP contribution in [0.2, 0.25) is 0 Å². The molecule has 0 aliphatic rings. The van der Waals surface area contributed by atoms with E-state index in [9.17, 15) is 0 Å². The van der Waals surface area contributed by atoms with Crippen molar-refractivity contribution < 1.29 is 36.6 Å². The second kappa shape index (κ2) is 94.7. The second-order valence-electron chi connectivity index (χ2n) is 0.192. The van der Waals surface area contributed by atoms with Gasteiger partial charge in [-0.3, -0.25) is 0 Å². The van der Waals surface area contributed by atoms with E-state index in [0.29, 0.717) is 0 Å². The molecule has 0 atom stereocenters. The molecule has 0 amide bonds. The Morgan fingerprint density at radius 2 is 1.00 bits per heavy atom. The van der Waals surface area contributed by atoms with Crippen molar-refractivity contribution in [1.29, 1.82) is 0 Å². The molecule has 0 saturated carbocycles. The second-order valence-corrected chi connectivity index (χ2v) is 0.192. The summed E-state index contributed by atoms with van der Waals surface area (Å²) in [5.41, 5.74) is 0. The van der Waals surface area contributed by atoms with Gasteiger partial charge < -0.3 is 19.8 Å². The SMILES string of the molecule is O=C[O-].O=C[O-].[Co+2].[N]. The van der Waals surface area contributed by atoms with Gasteiger partial charge in [-0.1, -0.05) is 0 Å². The predicted octanol–water partition coefficient (Wildman–Crippen LogP) is -3.75. The number of hydrogen-bond donors (Lipinski definition) is 0. The predicted molar refractivity (Wildman–Crippen MR) is 14.3 cm³/mol. The third-order valence-electron chi connectivity index (χ3n) is 0. The summed E-state index contributed by atoms with van der Waals surface area (Å²) < 4.78 is 0. The number of hydrogen-bond acceptors (Lipinski definition) is 4. The first-order chi connectivity index (χ1) is 2.83. The first kappa shape index (κ1) is 26.2. The van der Waals surface area contributed by atoms with Gasteiger partial charge in [0.25, 0.3) is 0 Å². The first-order valence-corrected chi connectivity index (χ1v) is 0.943. The third-order valence-corrected chi connectivity index (χ3v) is 0. The van der Waals surface area contributed by atoms with E-state index in [0.717, 1.165) is 0 Å². The van der Waals surface area contributed by atoms with Crippen LogP contribution in [-0.2, 0) is 26.4 Å². The van der Waals surface area contributed by atoms with Gasteiger partial charge in [-0.05, 0) is 0 Å². The molecule has 0 N–H and O–H groups in total. The van der Waals surface area contributed by atoms with Gasteiger partial charge >= 0.3 is 16.8 Å². The average molecular weight is 163 g/mol. The van der Waals surface area contributed by atoms with Crippen LogP contribution in [0, 0.1) is 0 Å². The van der Waals surface area contributed by atoms with Crippen LogP contribution >= 0.6 is 0 Å². The van der Waals surface area contributed by atoms with Crippen molar-refractivity contribution in [2.75, 3.05) is 0 Å². The van der Waals surface area contributed by atoms with Crippen LogP contribution in [0.4, 0.5) is 0 Å². The maximum atomic E-state index is 8.25. The maximum Gasteiger partial charge on any atom is 2.00 e. The molecule has 0 aliphatic carbocycles. The summed E-state index contributed by atoms with van der Waals surface area (Å²) in [6.45, 7) is -1.00. The Kier molecular flexibility index (Phi) is 310. The standard InChI is InChI=1S/2CH2O2.Co.N/c2*2-1-3;;/h2*1H,(H,2,3);;/q;;+2;/p-2. The number of nitrogens with zero attached hydrogens (tertiary/aromatic N) is 1. The molecule has 0 aliphatic heterocycles. The summed E-state index contributed by atoms with van der Waals surface area (Å²) in [4.78, 5) is 16.5. The molecule has 0 saturated heterocycles. The molecule has 0 fully saturated rings. The molecule has 5 nitrogen and oxygen atoms in total. The monoisotopic (exact) mass is 163 g/mol. The Morgan fingerprint density at radius 1 is 1.00 bits per heavy atom. The zero-order chi connectivity index (χ0) is 5.41.